The molecular formula is C16H28N2O3. The van der Waals surface area contributed by atoms with E-state index in [1.165, 1.54) is 25.9 Å². The van der Waals surface area contributed by atoms with Gasteiger partial charge in [0.15, 0.2) is 0 Å². The maximum atomic E-state index is 9.86. The smallest absolute Gasteiger partial charge is 0.129 e. The molecule has 1 aromatic rings. The highest BCUT2D eigenvalue weighted by Gasteiger charge is 2.17. The fraction of sp³-hybridized carbons (Fsp3) is 0.750. The Morgan fingerprint density at radius 1 is 1.48 bits per heavy atom. The first-order valence-electron chi connectivity index (χ1n) is 7.99. The average Bonchev–Trinajstić information content (AvgIpc) is 3.01. The van der Waals surface area contributed by atoms with Crippen molar-refractivity contribution in [3.05, 3.63) is 24.2 Å². The summed E-state index contributed by atoms with van der Waals surface area (Å²) in [4.78, 5) is 2.49. The highest BCUT2D eigenvalue weighted by Crippen LogP contribution is 2.15. The zero-order valence-electron chi connectivity index (χ0n) is 13.0. The van der Waals surface area contributed by atoms with Gasteiger partial charge in [0.2, 0.25) is 0 Å². The molecule has 0 amide bonds. The predicted octanol–water partition coefficient (Wildman–Crippen LogP) is 1.48. The molecule has 2 N–H and O–H groups in total. The molecule has 1 fully saturated rings. The van der Waals surface area contributed by atoms with Gasteiger partial charge in [-0.1, -0.05) is 6.92 Å². The van der Waals surface area contributed by atoms with E-state index in [2.05, 4.69) is 17.1 Å². The molecule has 0 saturated carbocycles. The van der Waals surface area contributed by atoms with Gasteiger partial charge in [0.1, 0.15) is 12.4 Å². The van der Waals surface area contributed by atoms with Crippen molar-refractivity contribution in [2.75, 3.05) is 39.3 Å². The Labute approximate surface area is 127 Å². The van der Waals surface area contributed by atoms with Crippen LogP contribution in [0.5, 0.6) is 0 Å². The SMILES string of the molecule is CCN1CCC(CNCC(O)COCc2ccco2)CC1. The molecule has 2 rings (SSSR count). The number of ether oxygens (including phenoxy) is 1. The lowest BCUT2D eigenvalue weighted by Crippen LogP contribution is -2.39. The van der Waals surface area contributed by atoms with Gasteiger partial charge < -0.3 is 24.5 Å². The van der Waals surface area contributed by atoms with Crippen LogP contribution in [0.2, 0.25) is 0 Å². The zero-order valence-corrected chi connectivity index (χ0v) is 13.0. The van der Waals surface area contributed by atoms with E-state index >= 15 is 0 Å². The Morgan fingerprint density at radius 3 is 2.95 bits per heavy atom. The normalized spacial score (nSPS) is 19.0. The summed E-state index contributed by atoms with van der Waals surface area (Å²) < 4.78 is 10.6. The van der Waals surface area contributed by atoms with Crippen molar-refractivity contribution >= 4 is 0 Å². The minimum atomic E-state index is -0.462. The largest absolute Gasteiger partial charge is 0.467 e. The molecule has 5 nitrogen and oxygen atoms in total. The molecule has 1 aromatic heterocycles. The molecule has 1 saturated heterocycles. The Bertz CT molecular complexity index is 362. The van der Waals surface area contributed by atoms with Crippen LogP contribution < -0.4 is 5.32 Å². The lowest BCUT2D eigenvalue weighted by atomic mass is 9.97. The summed E-state index contributed by atoms with van der Waals surface area (Å²) >= 11 is 0. The van der Waals surface area contributed by atoms with E-state index in [1.807, 2.05) is 12.1 Å². The fourth-order valence-corrected chi connectivity index (χ4v) is 2.71. The van der Waals surface area contributed by atoms with Gasteiger partial charge in [0.05, 0.1) is 19.0 Å². The number of furan rings is 1. The number of hydrogen-bond donors (Lipinski definition) is 2. The number of nitrogens with one attached hydrogen (secondary N) is 1. The van der Waals surface area contributed by atoms with Gasteiger partial charge in [-0.15, -0.1) is 0 Å². The van der Waals surface area contributed by atoms with E-state index in [1.54, 1.807) is 6.26 Å². The van der Waals surface area contributed by atoms with Crippen molar-refractivity contribution in [1.29, 1.82) is 0 Å². The second-order valence-electron chi connectivity index (χ2n) is 5.78. The molecule has 5 heteroatoms. The highest BCUT2D eigenvalue weighted by molar-refractivity contribution is 4.96. The van der Waals surface area contributed by atoms with E-state index in [4.69, 9.17) is 9.15 Å². The third-order valence-electron chi connectivity index (χ3n) is 4.10. The van der Waals surface area contributed by atoms with Crippen LogP contribution in [0.15, 0.2) is 22.8 Å². The third kappa shape index (κ3) is 6.18. The third-order valence-corrected chi connectivity index (χ3v) is 4.10. The van der Waals surface area contributed by atoms with Crippen LogP contribution in [-0.4, -0.2) is 55.4 Å². The van der Waals surface area contributed by atoms with E-state index < -0.39 is 6.10 Å². The van der Waals surface area contributed by atoms with Gasteiger partial charge >= 0.3 is 0 Å². The Kier molecular flexibility index (Phi) is 7.23. The number of piperidine rings is 1. The first-order valence-corrected chi connectivity index (χ1v) is 7.99. The molecule has 1 unspecified atom stereocenters. The minimum absolute atomic E-state index is 0.335. The minimum Gasteiger partial charge on any atom is -0.467 e. The van der Waals surface area contributed by atoms with Crippen molar-refractivity contribution in [2.24, 2.45) is 5.92 Å². The van der Waals surface area contributed by atoms with Gasteiger partial charge in [-0.3, -0.25) is 0 Å². The molecule has 21 heavy (non-hydrogen) atoms. The zero-order chi connectivity index (χ0) is 14.9. The number of aliphatic hydroxyl groups is 1. The molecule has 0 bridgehead atoms. The molecular weight excluding hydrogens is 268 g/mol. The number of rotatable bonds is 9. The second-order valence-corrected chi connectivity index (χ2v) is 5.78. The highest BCUT2D eigenvalue weighted by atomic mass is 16.5. The van der Waals surface area contributed by atoms with E-state index in [-0.39, 0.29) is 0 Å². The fourth-order valence-electron chi connectivity index (χ4n) is 2.71. The Hall–Kier alpha value is -0.880. The average molecular weight is 296 g/mol. The van der Waals surface area contributed by atoms with Crippen molar-refractivity contribution in [2.45, 2.75) is 32.5 Å². The van der Waals surface area contributed by atoms with Crippen LogP contribution in [0.3, 0.4) is 0 Å². The molecule has 0 aromatic carbocycles. The molecule has 0 aliphatic carbocycles. The summed E-state index contributed by atoms with van der Waals surface area (Å²) in [5.41, 5.74) is 0. The second kappa shape index (κ2) is 9.20. The van der Waals surface area contributed by atoms with E-state index in [9.17, 15) is 5.11 Å². The number of aliphatic hydroxyl groups excluding tert-OH is 1. The standard InChI is InChI=1S/C16H28N2O3/c1-2-18-7-5-14(6-8-18)10-17-11-15(19)12-20-13-16-4-3-9-21-16/h3-4,9,14-15,17,19H,2,5-8,10-13H2,1H3. The van der Waals surface area contributed by atoms with Gasteiger partial charge in [-0.05, 0) is 57.1 Å². The lowest BCUT2D eigenvalue weighted by molar-refractivity contribution is 0.0220. The summed E-state index contributed by atoms with van der Waals surface area (Å²) in [6, 6.07) is 3.70. The quantitative estimate of drug-likeness (QED) is 0.723. The number of nitrogens with zero attached hydrogens (tertiary/aromatic N) is 1. The van der Waals surface area contributed by atoms with Crippen molar-refractivity contribution in [3.63, 3.8) is 0 Å². The van der Waals surface area contributed by atoms with Gasteiger partial charge in [-0.25, -0.2) is 0 Å². The first-order chi connectivity index (χ1) is 10.3. The molecule has 1 aliphatic rings. The molecule has 2 heterocycles. The maximum absolute atomic E-state index is 9.86. The molecule has 120 valence electrons. The van der Waals surface area contributed by atoms with Crippen LogP contribution in [0.1, 0.15) is 25.5 Å². The van der Waals surface area contributed by atoms with Gasteiger partial charge in [0, 0.05) is 6.54 Å². The topological polar surface area (TPSA) is 57.9 Å². The molecule has 1 aliphatic heterocycles. The maximum Gasteiger partial charge on any atom is 0.129 e. The summed E-state index contributed by atoms with van der Waals surface area (Å²) in [5, 5.41) is 13.2. The molecule has 0 radical (unpaired) electrons. The van der Waals surface area contributed by atoms with Crippen LogP contribution in [0.4, 0.5) is 0 Å². The van der Waals surface area contributed by atoms with E-state index in [0.717, 1.165) is 24.8 Å². The van der Waals surface area contributed by atoms with E-state index in [0.29, 0.717) is 19.8 Å². The summed E-state index contributed by atoms with van der Waals surface area (Å²) in [5.74, 6) is 1.53. The lowest BCUT2D eigenvalue weighted by Gasteiger charge is -2.31. The van der Waals surface area contributed by atoms with Crippen molar-refractivity contribution in [3.8, 4) is 0 Å². The van der Waals surface area contributed by atoms with Crippen LogP contribution >= 0.6 is 0 Å². The van der Waals surface area contributed by atoms with Crippen molar-refractivity contribution in [1.82, 2.24) is 10.2 Å². The van der Waals surface area contributed by atoms with Crippen molar-refractivity contribution < 1.29 is 14.3 Å². The summed E-state index contributed by atoms with van der Waals surface area (Å²) in [6.07, 6.45) is 3.67. The predicted molar refractivity (Wildman–Crippen MR) is 82.1 cm³/mol. The summed E-state index contributed by atoms with van der Waals surface area (Å²) in [6.45, 7) is 8.12. The Morgan fingerprint density at radius 2 is 2.29 bits per heavy atom. The summed E-state index contributed by atoms with van der Waals surface area (Å²) in [7, 11) is 0. The number of likely N-dealkylation sites (tertiary alicyclic amines) is 1. The van der Waals surface area contributed by atoms with Crippen LogP contribution in [-0.2, 0) is 11.3 Å². The monoisotopic (exact) mass is 296 g/mol. The van der Waals surface area contributed by atoms with Gasteiger partial charge in [-0.2, -0.15) is 0 Å². The van der Waals surface area contributed by atoms with Crippen LogP contribution in [0, 0.1) is 5.92 Å². The van der Waals surface area contributed by atoms with Crippen LogP contribution in [0.25, 0.3) is 0 Å². The number of hydrogen-bond acceptors (Lipinski definition) is 5. The molecule has 0 spiro atoms. The van der Waals surface area contributed by atoms with Gasteiger partial charge in [0.25, 0.3) is 0 Å². The first kappa shape index (κ1) is 16.5. The Balaban J connectivity index is 1.48. The molecule has 1 atom stereocenters.